The second-order valence-electron chi connectivity index (χ2n) is 4.89. The predicted molar refractivity (Wildman–Crippen MR) is 75.7 cm³/mol. The molecule has 2 amide bonds. The molecule has 0 aromatic rings. The van der Waals surface area contributed by atoms with Gasteiger partial charge in [0.15, 0.2) is 0 Å². The Kier molecular flexibility index (Phi) is 7.18. The number of hydrogen-bond acceptors (Lipinski definition) is 3. The van der Waals surface area contributed by atoms with Gasteiger partial charge in [0.1, 0.15) is 0 Å². The molecule has 0 aromatic carbocycles. The van der Waals surface area contributed by atoms with Crippen LogP contribution >= 0.6 is 0 Å². The van der Waals surface area contributed by atoms with Crippen molar-refractivity contribution in [2.24, 2.45) is 0 Å². The van der Waals surface area contributed by atoms with Crippen molar-refractivity contribution in [3.05, 3.63) is 12.7 Å². The zero-order valence-electron chi connectivity index (χ0n) is 11.8. The lowest BCUT2D eigenvalue weighted by Gasteiger charge is -2.32. The number of carbonyl (C=O) groups is 2. The smallest absolute Gasteiger partial charge is 0.236 e. The minimum atomic E-state index is 0.125. The van der Waals surface area contributed by atoms with Gasteiger partial charge in [-0.1, -0.05) is 13.0 Å². The third-order valence-electron chi connectivity index (χ3n) is 3.25. The van der Waals surface area contributed by atoms with Crippen LogP contribution in [-0.4, -0.2) is 48.9 Å². The van der Waals surface area contributed by atoms with Crippen molar-refractivity contribution in [2.45, 2.75) is 38.6 Å². The molecule has 1 aliphatic rings. The molecule has 0 saturated carbocycles. The first kappa shape index (κ1) is 15.7. The summed E-state index contributed by atoms with van der Waals surface area (Å²) >= 11 is 0. The Hall–Kier alpha value is -1.36. The summed E-state index contributed by atoms with van der Waals surface area (Å²) < 4.78 is 0. The summed E-state index contributed by atoms with van der Waals surface area (Å²) in [7, 11) is 0. The molecular formula is C14H25N3O2. The molecule has 5 nitrogen and oxygen atoms in total. The van der Waals surface area contributed by atoms with Crippen molar-refractivity contribution in [3.63, 3.8) is 0 Å². The van der Waals surface area contributed by atoms with Crippen molar-refractivity contribution >= 4 is 11.8 Å². The number of piperidine rings is 1. The normalized spacial score (nSPS) is 16.2. The monoisotopic (exact) mass is 267 g/mol. The van der Waals surface area contributed by atoms with Gasteiger partial charge in [0, 0.05) is 32.1 Å². The molecule has 19 heavy (non-hydrogen) atoms. The second-order valence-corrected chi connectivity index (χ2v) is 4.89. The largest absolute Gasteiger partial charge is 0.353 e. The van der Waals surface area contributed by atoms with E-state index in [0.29, 0.717) is 19.5 Å². The van der Waals surface area contributed by atoms with E-state index in [-0.39, 0.29) is 17.9 Å². The number of carbonyl (C=O) groups excluding carboxylic acids is 2. The fourth-order valence-corrected chi connectivity index (χ4v) is 2.19. The first-order chi connectivity index (χ1) is 9.17. The fraction of sp³-hybridized carbons (Fsp3) is 0.714. The molecule has 2 N–H and O–H groups in total. The van der Waals surface area contributed by atoms with Crippen LogP contribution in [0.1, 0.15) is 32.6 Å². The van der Waals surface area contributed by atoms with Gasteiger partial charge in [-0.15, -0.1) is 6.58 Å². The average Bonchev–Trinajstić information content (AvgIpc) is 2.40. The quantitative estimate of drug-likeness (QED) is 0.526. The second kappa shape index (κ2) is 8.69. The Morgan fingerprint density at radius 1 is 1.37 bits per heavy atom. The minimum absolute atomic E-state index is 0.125. The Balaban J connectivity index is 2.22. The Morgan fingerprint density at radius 3 is 2.63 bits per heavy atom. The van der Waals surface area contributed by atoms with Crippen LogP contribution in [0.2, 0.25) is 0 Å². The molecule has 0 spiro atoms. The molecule has 0 bridgehead atoms. The van der Waals surface area contributed by atoms with Crippen LogP contribution in [0.5, 0.6) is 0 Å². The van der Waals surface area contributed by atoms with E-state index in [4.69, 9.17) is 0 Å². The zero-order chi connectivity index (χ0) is 14.1. The van der Waals surface area contributed by atoms with Crippen LogP contribution in [0.15, 0.2) is 12.7 Å². The molecule has 1 saturated heterocycles. The van der Waals surface area contributed by atoms with Gasteiger partial charge in [0.25, 0.3) is 0 Å². The summed E-state index contributed by atoms with van der Waals surface area (Å²) in [5.41, 5.74) is 0. The van der Waals surface area contributed by atoms with Crippen LogP contribution in [0, 0.1) is 0 Å². The van der Waals surface area contributed by atoms with Crippen molar-refractivity contribution in [3.8, 4) is 0 Å². The van der Waals surface area contributed by atoms with E-state index in [0.717, 1.165) is 32.4 Å². The van der Waals surface area contributed by atoms with Gasteiger partial charge in [-0.2, -0.15) is 0 Å². The van der Waals surface area contributed by atoms with Crippen molar-refractivity contribution in [1.29, 1.82) is 0 Å². The number of rotatable bonds is 7. The van der Waals surface area contributed by atoms with Gasteiger partial charge in [-0.25, -0.2) is 0 Å². The molecule has 0 unspecified atom stereocenters. The number of likely N-dealkylation sites (tertiary alicyclic amines) is 1. The first-order valence-corrected chi connectivity index (χ1v) is 7.06. The van der Waals surface area contributed by atoms with E-state index < -0.39 is 0 Å². The molecule has 0 aliphatic carbocycles. The van der Waals surface area contributed by atoms with Crippen LogP contribution in [0.25, 0.3) is 0 Å². The molecule has 0 atom stereocenters. The van der Waals surface area contributed by atoms with E-state index in [9.17, 15) is 9.59 Å². The Morgan fingerprint density at radius 2 is 2.05 bits per heavy atom. The lowest BCUT2D eigenvalue weighted by molar-refractivity contribution is -0.131. The van der Waals surface area contributed by atoms with E-state index in [1.54, 1.807) is 6.08 Å². The van der Waals surface area contributed by atoms with E-state index in [2.05, 4.69) is 17.2 Å². The zero-order valence-corrected chi connectivity index (χ0v) is 11.8. The highest BCUT2D eigenvalue weighted by Gasteiger charge is 2.23. The Bertz CT molecular complexity index is 310. The summed E-state index contributed by atoms with van der Waals surface area (Å²) in [5.74, 6) is 0.250. The molecule has 1 rings (SSSR count). The Labute approximate surface area is 115 Å². The summed E-state index contributed by atoms with van der Waals surface area (Å²) in [6, 6.07) is 0.226. The maximum absolute atomic E-state index is 11.8. The highest BCUT2D eigenvalue weighted by molar-refractivity contribution is 5.78. The van der Waals surface area contributed by atoms with Crippen molar-refractivity contribution in [2.75, 3.05) is 26.2 Å². The van der Waals surface area contributed by atoms with Gasteiger partial charge in [0.05, 0.1) is 6.54 Å². The van der Waals surface area contributed by atoms with Crippen LogP contribution in [0.4, 0.5) is 0 Å². The molecule has 0 radical (unpaired) electrons. The number of amides is 2. The topological polar surface area (TPSA) is 61.4 Å². The summed E-state index contributed by atoms with van der Waals surface area (Å²) in [4.78, 5) is 25.2. The molecule has 1 fully saturated rings. The lowest BCUT2D eigenvalue weighted by Crippen LogP contribution is -2.48. The third-order valence-corrected chi connectivity index (χ3v) is 3.25. The van der Waals surface area contributed by atoms with Crippen LogP contribution < -0.4 is 10.6 Å². The highest BCUT2D eigenvalue weighted by atomic mass is 16.2. The highest BCUT2D eigenvalue weighted by Crippen LogP contribution is 2.10. The summed E-state index contributed by atoms with van der Waals surface area (Å²) in [5, 5.41) is 6.04. The number of nitrogens with one attached hydrogen (secondary N) is 2. The minimum Gasteiger partial charge on any atom is -0.353 e. The van der Waals surface area contributed by atoms with Crippen LogP contribution in [0.3, 0.4) is 0 Å². The van der Waals surface area contributed by atoms with Gasteiger partial charge >= 0.3 is 0 Å². The van der Waals surface area contributed by atoms with Crippen LogP contribution in [-0.2, 0) is 9.59 Å². The van der Waals surface area contributed by atoms with Gasteiger partial charge < -0.3 is 15.5 Å². The fourth-order valence-electron chi connectivity index (χ4n) is 2.19. The SMILES string of the molecule is C=CCNCC(=O)N1CCC(NC(=O)CCC)CC1. The predicted octanol–water partition coefficient (Wildman–Crippen LogP) is 0.669. The van der Waals surface area contributed by atoms with Crippen molar-refractivity contribution in [1.82, 2.24) is 15.5 Å². The van der Waals surface area contributed by atoms with E-state index >= 15 is 0 Å². The molecule has 0 aromatic heterocycles. The number of hydrogen-bond donors (Lipinski definition) is 2. The van der Waals surface area contributed by atoms with E-state index in [1.807, 2.05) is 11.8 Å². The van der Waals surface area contributed by atoms with E-state index in [1.165, 1.54) is 0 Å². The molecule has 1 aliphatic heterocycles. The molecule has 1 heterocycles. The summed E-state index contributed by atoms with van der Waals surface area (Å²) in [6.45, 7) is 8.06. The lowest BCUT2D eigenvalue weighted by atomic mass is 10.0. The first-order valence-electron chi connectivity index (χ1n) is 7.06. The maximum Gasteiger partial charge on any atom is 0.236 e. The molecule has 5 heteroatoms. The number of nitrogens with zero attached hydrogens (tertiary/aromatic N) is 1. The molecule has 108 valence electrons. The summed E-state index contributed by atoms with van der Waals surface area (Å²) in [6.07, 6.45) is 4.90. The maximum atomic E-state index is 11.8. The van der Waals surface area contributed by atoms with Gasteiger partial charge in [0.2, 0.25) is 11.8 Å². The standard InChI is InChI=1S/C14H25N3O2/c1-3-5-13(18)16-12-6-9-17(10-7-12)14(19)11-15-8-4-2/h4,12,15H,2-3,5-11H2,1H3,(H,16,18). The van der Waals surface area contributed by atoms with Crippen molar-refractivity contribution < 1.29 is 9.59 Å². The van der Waals surface area contributed by atoms with Gasteiger partial charge in [-0.3, -0.25) is 9.59 Å². The average molecular weight is 267 g/mol. The van der Waals surface area contributed by atoms with Gasteiger partial charge in [-0.05, 0) is 19.3 Å². The third kappa shape index (κ3) is 5.87. The molecular weight excluding hydrogens is 242 g/mol.